The fourth-order valence-corrected chi connectivity index (χ4v) is 1.99. The van der Waals surface area contributed by atoms with Crippen molar-refractivity contribution in [1.82, 2.24) is 4.90 Å². The molecule has 114 valence electrons. The summed E-state index contributed by atoms with van der Waals surface area (Å²) in [7, 11) is 3.39. The molecule has 0 fully saturated rings. The Morgan fingerprint density at radius 3 is 2.40 bits per heavy atom. The van der Waals surface area contributed by atoms with Gasteiger partial charge in [-0.1, -0.05) is 12.1 Å². The minimum atomic E-state index is -0.602. The Hall–Kier alpha value is -1.14. The molecule has 0 aliphatic rings. The molecular formula is C15H25NO4. The van der Waals surface area contributed by atoms with Gasteiger partial charge in [0.2, 0.25) is 0 Å². The van der Waals surface area contributed by atoms with Gasteiger partial charge in [-0.2, -0.15) is 0 Å². The van der Waals surface area contributed by atoms with Crippen LogP contribution in [0.15, 0.2) is 24.3 Å². The Kier molecular flexibility index (Phi) is 7.54. The van der Waals surface area contributed by atoms with Crippen molar-refractivity contribution in [3.8, 4) is 5.75 Å². The highest BCUT2D eigenvalue weighted by molar-refractivity contribution is 5.27. The van der Waals surface area contributed by atoms with Crippen molar-refractivity contribution in [2.24, 2.45) is 0 Å². The molecule has 0 bridgehead atoms. The Morgan fingerprint density at radius 1 is 1.15 bits per heavy atom. The van der Waals surface area contributed by atoms with Crippen LogP contribution in [0, 0.1) is 6.92 Å². The first kappa shape index (κ1) is 16.9. The number of benzene rings is 1. The summed E-state index contributed by atoms with van der Waals surface area (Å²) in [6.45, 7) is 3.41. The molecule has 0 heterocycles. The first-order valence-electron chi connectivity index (χ1n) is 6.74. The van der Waals surface area contributed by atoms with Gasteiger partial charge in [0.25, 0.3) is 0 Å². The van der Waals surface area contributed by atoms with Crippen molar-refractivity contribution in [3.05, 3.63) is 29.8 Å². The van der Waals surface area contributed by atoms with Crippen molar-refractivity contribution in [1.29, 1.82) is 0 Å². The average molecular weight is 283 g/mol. The second kappa shape index (κ2) is 8.92. The third-order valence-corrected chi connectivity index (χ3v) is 2.84. The third kappa shape index (κ3) is 6.86. The highest BCUT2D eigenvalue weighted by atomic mass is 16.5. The van der Waals surface area contributed by atoms with E-state index in [4.69, 9.17) is 9.47 Å². The highest BCUT2D eigenvalue weighted by Gasteiger charge is 2.12. The van der Waals surface area contributed by atoms with Crippen LogP contribution in [0.3, 0.4) is 0 Å². The van der Waals surface area contributed by atoms with Crippen LogP contribution in [0.5, 0.6) is 5.75 Å². The number of ether oxygens (including phenoxy) is 2. The Labute approximate surface area is 120 Å². The van der Waals surface area contributed by atoms with Gasteiger partial charge in [0.1, 0.15) is 18.5 Å². The van der Waals surface area contributed by atoms with E-state index in [1.807, 2.05) is 43.1 Å². The number of aryl methyl sites for hydroxylation is 1. The van der Waals surface area contributed by atoms with Crippen LogP contribution in [-0.2, 0) is 4.74 Å². The summed E-state index contributed by atoms with van der Waals surface area (Å²) in [6, 6.07) is 7.71. The molecule has 0 radical (unpaired) electrons. The molecule has 0 saturated carbocycles. The molecule has 0 amide bonds. The van der Waals surface area contributed by atoms with Gasteiger partial charge in [-0.15, -0.1) is 0 Å². The summed E-state index contributed by atoms with van der Waals surface area (Å²) in [5.74, 6) is 0.756. The van der Waals surface area contributed by atoms with Crippen LogP contribution in [0.2, 0.25) is 0 Å². The van der Waals surface area contributed by atoms with E-state index >= 15 is 0 Å². The molecule has 5 heteroatoms. The van der Waals surface area contributed by atoms with Gasteiger partial charge >= 0.3 is 0 Å². The van der Waals surface area contributed by atoms with Crippen LogP contribution in [0.25, 0.3) is 0 Å². The second-order valence-electron chi connectivity index (χ2n) is 5.11. The normalized spacial score (nSPS) is 14.3. The topological polar surface area (TPSA) is 62.2 Å². The van der Waals surface area contributed by atoms with E-state index in [9.17, 15) is 10.2 Å². The number of aliphatic hydroxyl groups is 2. The van der Waals surface area contributed by atoms with Gasteiger partial charge in [-0.05, 0) is 31.7 Å². The summed E-state index contributed by atoms with van der Waals surface area (Å²) in [5.41, 5.74) is 1.12. The predicted octanol–water partition coefficient (Wildman–Crippen LogP) is 0.674. The highest BCUT2D eigenvalue weighted by Crippen LogP contribution is 2.12. The third-order valence-electron chi connectivity index (χ3n) is 2.84. The summed E-state index contributed by atoms with van der Waals surface area (Å²) >= 11 is 0. The molecule has 2 atom stereocenters. The van der Waals surface area contributed by atoms with Gasteiger partial charge in [-0.3, -0.25) is 0 Å². The van der Waals surface area contributed by atoms with E-state index in [1.165, 1.54) is 0 Å². The molecule has 1 rings (SSSR count). The van der Waals surface area contributed by atoms with Gasteiger partial charge in [-0.25, -0.2) is 0 Å². The van der Waals surface area contributed by atoms with E-state index in [0.29, 0.717) is 19.7 Å². The summed E-state index contributed by atoms with van der Waals surface area (Å²) in [6.07, 6.45) is -1.15. The van der Waals surface area contributed by atoms with Crippen LogP contribution >= 0.6 is 0 Å². The van der Waals surface area contributed by atoms with Gasteiger partial charge in [0.15, 0.2) is 0 Å². The fraction of sp³-hybridized carbons (Fsp3) is 0.600. The molecule has 0 aliphatic heterocycles. The zero-order chi connectivity index (χ0) is 15.0. The van der Waals surface area contributed by atoms with Gasteiger partial charge < -0.3 is 24.6 Å². The molecule has 1 aromatic carbocycles. The quantitative estimate of drug-likeness (QED) is 0.697. The van der Waals surface area contributed by atoms with Crippen molar-refractivity contribution in [3.63, 3.8) is 0 Å². The predicted molar refractivity (Wildman–Crippen MR) is 78.1 cm³/mol. The van der Waals surface area contributed by atoms with Gasteiger partial charge in [0, 0.05) is 20.2 Å². The van der Waals surface area contributed by atoms with E-state index in [0.717, 1.165) is 11.3 Å². The number of hydrogen-bond acceptors (Lipinski definition) is 5. The van der Waals surface area contributed by atoms with Crippen molar-refractivity contribution >= 4 is 0 Å². The molecule has 5 nitrogen and oxygen atoms in total. The summed E-state index contributed by atoms with van der Waals surface area (Å²) in [5, 5.41) is 19.5. The van der Waals surface area contributed by atoms with Gasteiger partial charge in [0.05, 0.1) is 12.7 Å². The maximum Gasteiger partial charge on any atom is 0.119 e. The van der Waals surface area contributed by atoms with E-state index in [1.54, 1.807) is 7.11 Å². The molecule has 0 aliphatic carbocycles. The number of likely N-dealkylation sites (N-methyl/N-ethyl adjacent to an activating group) is 1. The molecular weight excluding hydrogens is 258 g/mol. The monoisotopic (exact) mass is 283 g/mol. The van der Waals surface area contributed by atoms with E-state index in [2.05, 4.69) is 0 Å². The molecule has 20 heavy (non-hydrogen) atoms. The smallest absolute Gasteiger partial charge is 0.119 e. The second-order valence-corrected chi connectivity index (χ2v) is 5.11. The molecule has 0 spiro atoms. The zero-order valence-corrected chi connectivity index (χ0v) is 12.5. The number of nitrogens with zero attached hydrogens (tertiary/aromatic N) is 1. The maximum absolute atomic E-state index is 9.91. The molecule has 2 unspecified atom stereocenters. The molecule has 0 aromatic heterocycles. The maximum atomic E-state index is 9.91. The summed E-state index contributed by atoms with van der Waals surface area (Å²) < 4.78 is 10.4. The minimum absolute atomic E-state index is 0.230. The van der Waals surface area contributed by atoms with Crippen molar-refractivity contribution < 1.29 is 19.7 Å². The van der Waals surface area contributed by atoms with E-state index < -0.39 is 12.2 Å². The summed E-state index contributed by atoms with van der Waals surface area (Å²) in [4.78, 5) is 1.86. The van der Waals surface area contributed by atoms with Crippen LogP contribution in [0.1, 0.15) is 5.56 Å². The number of rotatable bonds is 9. The first-order chi connectivity index (χ1) is 9.51. The number of hydrogen-bond donors (Lipinski definition) is 2. The van der Waals surface area contributed by atoms with Crippen molar-refractivity contribution in [2.75, 3.05) is 40.5 Å². The van der Waals surface area contributed by atoms with Crippen LogP contribution in [-0.4, -0.2) is 67.8 Å². The van der Waals surface area contributed by atoms with Crippen LogP contribution in [0.4, 0.5) is 0 Å². The zero-order valence-electron chi connectivity index (χ0n) is 12.5. The number of methoxy groups -OCH3 is 1. The largest absolute Gasteiger partial charge is 0.491 e. The Balaban J connectivity index is 2.27. The lowest BCUT2D eigenvalue weighted by molar-refractivity contribution is 0.0243. The lowest BCUT2D eigenvalue weighted by atomic mass is 10.2. The van der Waals surface area contributed by atoms with Crippen LogP contribution < -0.4 is 4.74 Å². The fourth-order valence-electron chi connectivity index (χ4n) is 1.99. The molecule has 2 N–H and O–H groups in total. The first-order valence-corrected chi connectivity index (χ1v) is 6.74. The van der Waals surface area contributed by atoms with E-state index in [-0.39, 0.29) is 6.61 Å². The average Bonchev–Trinajstić information content (AvgIpc) is 2.36. The lowest BCUT2D eigenvalue weighted by Crippen LogP contribution is -2.38. The SMILES string of the molecule is COCC(O)CN(C)CC(O)COc1cccc(C)c1. The minimum Gasteiger partial charge on any atom is -0.491 e. The lowest BCUT2D eigenvalue weighted by Gasteiger charge is -2.23. The molecule has 0 saturated heterocycles. The van der Waals surface area contributed by atoms with Crippen molar-refractivity contribution in [2.45, 2.75) is 19.1 Å². The number of aliphatic hydroxyl groups excluding tert-OH is 2. The standard InChI is InChI=1S/C15H25NO4/c1-12-5-4-6-15(7-12)20-11-14(18)9-16(2)8-13(17)10-19-3/h4-7,13-14,17-18H,8-11H2,1-3H3. The Bertz CT molecular complexity index is 386. The molecule has 1 aromatic rings. The Morgan fingerprint density at radius 2 is 1.80 bits per heavy atom.